The second-order valence-electron chi connectivity index (χ2n) is 7.73. The van der Waals surface area contributed by atoms with E-state index in [2.05, 4.69) is 28.6 Å². The minimum atomic E-state index is -1.10. The number of carbonyl (C=O) groups is 1. The number of halogens is 1. The number of nitrogens with one attached hydrogen (secondary N) is 2. The Kier molecular flexibility index (Phi) is 5.45. The number of piperidine rings is 1. The summed E-state index contributed by atoms with van der Waals surface area (Å²) in [6.45, 7) is 3.00. The van der Waals surface area contributed by atoms with Gasteiger partial charge in [-0.2, -0.15) is 5.26 Å². The topological polar surface area (TPSA) is 87.0 Å². The van der Waals surface area contributed by atoms with Crippen LogP contribution in [0.2, 0.25) is 0 Å². The van der Waals surface area contributed by atoms with E-state index in [0.717, 1.165) is 17.5 Å². The quantitative estimate of drug-likeness (QED) is 0.813. The summed E-state index contributed by atoms with van der Waals surface area (Å²) in [5.41, 5.74) is 1.98. The first kappa shape index (κ1) is 19.3. The molecule has 150 valence electrons. The lowest BCUT2D eigenvalue weighted by Crippen LogP contribution is -2.44. The Morgan fingerprint density at radius 1 is 1.34 bits per heavy atom. The second-order valence-corrected chi connectivity index (χ2v) is 7.73. The molecule has 1 saturated heterocycles. The summed E-state index contributed by atoms with van der Waals surface area (Å²) < 4.78 is 19.8. The van der Waals surface area contributed by atoms with Crippen molar-refractivity contribution < 1.29 is 13.9 Å². The monoisotopic (exact) mass is 394 g/mol. The molecule has 2 heterocycles. The van der Waals surface area contributed by atoms with Gasteiger partial charge in [0.15, 0.2) is 0 Å². The molecule has 29 heavy (non-hydrogen) atoms. The first-order valence-electron chi connectivity index (χ1n) is 9.88. The standard InChI is InChI=1S/C22H23FN4O2/c1-13-8-17(13)22(28)27-21-10-15(4-7-26-21)14-2-3-19(16(9-14)11-24)29-20-5-6-25-12-18(20)23/h2-4,7,9-10,13,17-18,20,25H,5-6,8,12H2,1H3,(H,26,27,28)/t13-,17-,18-,20+/m1/s1. The number of benzene rings is 1. The van der Waals surface area contributed by atoms with Crippen LogP contribution >= 0.6 is 0 Å². The van der Waals surface area contributed by atoms with Gasteiger partial charge in [0.2, 0.25) is 5.91 Å². The lowest BCUT2D eigenvalue weighted by atomic mass is 10.0. The van der Waals surface area contributed by atoms with Gasteiger partial charge in [-0.15, -0.1) is 0 Å². The summed E-state index contributed by atoms with van der Waals surface area (Å²) in [5, 5.41) is 15.4. The number of amides is 1. The highest BCUT2D eigenvalue weighted by Crippen LogP contribution is 2.38. The molecule has 2 aliphatic rings. The van der Waals surface area contributed by atoms with Gasteiger partial charge < -0.3 is 15.4 Å². The van der Waals surface area contributed by atoms with Gasteiger partial charge in [-0.3, -0.25) is 4.79 Å². The third-order valence-electron chi connectivity index (χ3n) is 5.52. The van der Waals surface area contributed by atoms with Crippen molar-refractivity contribution in [3.8, 4) is 22.9 Å². The fourth-order valence-corrected chi connectivity index (χ4v) is 3.58. The minimum absolute atomic E-state index is 0.00800. The van der Waals surface area contributed by atoms with Gasteiger partial charge in [-0.1, -0.05) is 13.0 Å². The van der Waals surface area contributed by atoms with E-state index in [1.807, 2.05) is 12.1 Å². The molecule has 4 rings (SSSR count). The number of aromatic nitrogens is 1. The molecule has 7 heteroatoms. The molecule has 0 bridgehead atoms. The highest BCUT2D eigenvalue weighted by atomic mass is 19.1. The molecule has 1 aromatic heterocycles. The van der Waals surface area contributed by atoms with Gasteiger partial charge in [0, 0.05) is 18.7 Å². The first-order valence-corrected chi connectivity index (χ1v) is 9.88. The van der Waals surface area contributed by atoms with E-state index in [9.17, 15) is 14.4 Å². The zero-order chi connectivity index (χ0) is 20.4. The summed E-state index contributed by atoms with van der Waals surface area (Å²) in [5.74, 6) is 1.35. The van der Waals surface area contributed by atoms with Crippen LogP contribution in [0.4, 0.5) is 10.2 Å². The summed E-state index contributed by atoms with van der Waals surface area (Å²) in [6, 6.07) is 11.0. The van der Waals surface area contributed by atoms with Crippen LogP contribution in [-0.2, 0) is 4.79 Å². The van der Waals surface area contributed by atoms with E-state index in [-0.39, 0.29) is 18.4 Å². The van der Waals surface area contributed by atoms with E-state index in [1.54, 1.807) is 24.4 Å². The number of hydrogen-bond acceptors (Lipinski definition) is 5. The van der Waals surface area contributed by atoms with E-state index >= 15 is 0 Å². The molecule has 0 spiro atoms. The lowest BCUT2D eigenvalue weighted by molar-refractivity contribution is -0.117. The number of rotatable bonds is 5. The maximum absolute atomic E-state index is 14.0. The maximum atomic E-state index is 14.0. The summed E-state index contributed by atoms with van der Waals surface area (Å²) in [4.78, 5) is 16.4. The lowest BCUT2D eigenvalue weighted by Gasteiger charge is -2.27. The highest BCUT2D eigenvalue weighted by molar-refractivity contribution is 5.94. The summed E-state index contributed by atoms with van der Waals surface area (Å²) in [7, 11) is 0. The van der Waals surface area contributed by atoms with Crippen molar-refractivity contribution in [2.24, 2.45) is 11.8 Å². The van der Waals surface area contributed by atoms with Gasteiger partial charge in [0.05, 0.1) is 5.56 Å². The van der Waals surface area contributed by atoms with Crippen molar-refractivity contribution in [2.45, 2.75) is 32.0 Å². The van der Waals surface area contributed by atoms with E-state index in [4.69, 9.17) is 4.74 Å². The molecule has 2 aromatic rings. The Labute approximate surface area is 169 Å². The Hall–Kier alpha value is -2.98. The normalized spacial score (nSPS) is 25.7. The zero-order valence-corrected chi connectivity index (χ0v) is 16.2. The zero-order valence-electron chi connectivity index (χ0n) is 16.2. The Morgan fingerprint density at radius 2 is 2.14 bits per heavy atom. The average Bonchev–Trinajstić information content (AvgIpc) is 3.47. The molecule has 6 nitrogen and oxygen atoms in total. The molecule has 2 fully saturated rings. The van der Waals surface area contributed by atoms with Crippen LogP contribution in [-0.4, -0.2) is 36.3 Å². The van der Waals surface area contributed by atoms with Crippen molar-refractivity contribution in [2.75, 3.05) is 18.4 Å². The van der Waals surface area contributed by atoms with Crippen LogP contribution in [0.15, 0.2) is 36.5 Å². The predicted molar refractivity (Wildman–Crippen MR) is 107 cm³/mol. The molecular weight excluding hydrogens is 371 g/mol. The van der Waals surface area contributed by atoms with E-state index in [1.165, 1.54) is 0 Å². The van der Waals surface area contributed by atoms with Crippen LogP contribution in [0.1, 0.15) is 25.3 Å². The largest absolute Gasteiger partial charge is 0.486 e. The van der Waals surface area contributed by atoms with Crippen LogP contribution in [0, 0.1) is 23.2 Å². The highest BCUT2D eigenvalue weighted by Gasteiger charge is 2.39. The van der Waals surface area contributed by atoms with Gasteiger partial charge in [0.1, 0.15) is 29.9 Å². The second kappa shape index (κ2) is 8.18. The number of pyridine rings is 1. The van der Waals surface area contributed by atoms with Crippen molar-refractivity contribution in [1.82, 2.24) is 10.3 Å². The third kappa shape index (κ3) is 4.38. The number of hydrogen-bond donors (Lipinski definition) is 2. The Bertz CT molecular complexity index is 958. The molecule has 2 N–H and O–H groups in total. The van der Waals surface area contributed by atoms with Crippen LogP contribution < -0.4 is 15.4 Å². The van der Waals surface area contributed by atoms with Crippen molar-refractivity contribution >= 4 is 11.7 Å². The number of anilines is 1. The predicted octanol–water partition coefficient (Wildman–Crippen LogP) is 3.29. The van der Waals surface area contributed by atoms with Gasteiger partial charge in [0.25, 0.3) is 0 Å². The fourth-order valence-electron chi connectivity index (χ4n) is 3.58. The molecule has 1 aliphatic heterocycles. The number of ether oxygens (including phenoxy) is 1. The summed E-state index contributed by atoms with van der Waals surface area (Å²) in [6.07, 6.45) is 1.44. The third-order valence-corrected chi connectivity index (χ3v) is 5.52. The summed E-state index contributed by atoms with van der Waals surface area (Å²) >= 11 is 0. The molecule has 4 atom stereocenters. The minimum Gasteiger partial charge on any atom is -0.486 e. The van der Waals surface area contributed by atoms with Gasteiger partial charge in [-0.05, 0) is 60.7 Å². The SMILES string of the molecule is C[C@@H]1C[C@H]1C(=O)Nc1cc(-c2ccc(O[C@H]3CCNC[C@H]3F)c(C#N)c2)ccn1. The molecule has 0 radical (unpaired) electrons. The Balaban J connectivity index is 1.52. The van der Waals surface area contributed by atoms with Crippen LogP contribution in [0.5, 0.6) is 5.75 Å². The van der Waals surface area contributed by atoms with Crippen molar-refractivity contribution in [1.29, 1.82) is 5.26 Å². The fraction of sp³-hybridized carbons (Fsp3) is 0.409. The average molecular weight is 394 g/mol. The van der Waals surface area contributed by atoms with E-state index < -0.39 is 12.3 Å². The number of nitrogens with zero attached hydrogens (tertiary/aromatic N) is 2. The van der Waals surface area contributed by atoms with Gasteiger partial charge in [-0.25, -0.2) is 9.37 Å². The van der Waals surface area contributed by atoms with Crippen molar-refractivity contribution in [3.05, 3.63) is 42.1 Å². The van der Waals surface area contributed by atoms with Gasteiger partial charge >= 0.3 is 0 Å². The van der Waals surface area contributed by atoms with Crippen molar-refractivity contribution in [3.63, 3.8) is 0 Å². The smallest absolute Gasteiger partial charge is 0.228 e. The molecule has 1 amide bonds. The van der Waals surface area contributed by atoms with Crippen LogP contribution in [0.3, 0.4) is 0 Å². The molecule has 0 unspecified atom stereocenters. The van der Waals surface area contributed by atoms with Crippen LogP contribution in [0.25, 0.3) is 11.1 Å². The number of alkyl halides is 1. The number of nitriles is 1. The van der Waals surface area contributed by atoms with E-state index in [0.29, 0.717) is 36.0 Å². The molecule has 1 saturated carbocycles. The first-order chi connectivity index (χ1) is 14.0. The number of carbonyl (C=O) groups excluding carboxylic acids is 1. The maximum Gasteiger partial charge on any atom is 0.228 e. The molecular formula is C22H23FN4O2. The Morgan fingerprint density at radius 3 is 2.86 bits per heavy atom. The molecule has 1 aromatic carbocycles. The molecule has 1 aliphatic carbocycles.